The van der Waals surface area contributed by atoms with E-state index < -0.39 is 6.04 Å². The molecule has 2 aromatic heterocycles. The topological polar surface area (TPSA) is 83.6 Å². The van der Waals surface area contributed by atoms with Crippen molar-refractivity contribution in [2.75, 3.05) is 13.2 Å². The van der Waals surface area contributed by atoms with Gasteiger partial charge in [0, 0.05) is 18.9 Å². The number of carbonyl (C=O) groups is 1. The van der Waals surface area contributed by atoms with Crippen LogP contribution >= 0.6 is 0 Å². The summed E-state index contributed by atoms with van der Waals surface area (Å²) < 4.78 is 5.84. The van der Waals surface area contributed by atoms with Gasteiger partial charge in [-0.2, -0.15) is 0 Å². The van der Waals surface area contributed by atoms with Crippen LogP contribution in [0.2, 0.25) is 0 Å². The van der Waals surface area contributed by atoms with Crippen LogP contribution in [0.1, 0.15) is 40.2 Å². The maximum atomic E-state index is 13.3. The maximum Gasteiger partial charge on any atom is 0.290 e. The molecule has 1 aliphatic heterocycles. The molecule has 6 nitrogen and oxygen atoms in total. The quantitative estimate of drug-likeness (QED) is 0.780. The first-order chi connectivity index (χ1) is 12.7. The number of aromatic nitrogens is 1. The molecule has 1 amide bonds. The molecule has 0 saturated carbocycles. The van der Waals surface area contributed by atoms with E-state index in [-0.39, 0.29) is 30.2 Å². The fraction of sp³-hybridized carbons (Fsp3) is 0.250. The van der Waals surface area contributed by atoms with Gasteiger partial charge in [0.1, 0.15) is 5.58 Å². The van der Waals surface area contributed by atoms with Crippen molar-refractivity contribution in [3.8, 4) is 0 Å². The van der Waals surface area contributed by atoms with Crippen molar-refractivity contribution in [1.29, 1.82) is 0 Å². The normalized spacial score (nSPS) is 16.3. The van der Waals surface area contributed by atoms with E-state index in [0.29, 0.717) is 16.5 Å². The lowest BCUT2D eigenvalue weighted by molar-refractivity contribution is 0.0691. The molecule has 4 rings (SSSR count). The number of hydrogen-bond donors (Lipinski definition) is 1. The average Bonchev–Trinajstić information content (AvgIpc) is 2.95. The van der Waals surface area contributed by atoms with E-state index in [9.17, 15) is 14.7 Å². The number of aryl methyl sites for hydroxylation is 1. The van der Waals surface area contributed by atoms with E-state index in [1.54, 1.807) is 30.6 Å². The van der Waals surface area contributed by atoms with Crippen LogP contribution < -0.4 is 5.43 Å². The minimum absolute atomic E-state index is 0.0574. The zero-order valence-corrected chi connectivity index (χ0v) is 14.3. The summed E-state index contributed by atoms with van der Waals surface area (Å²) in [4.78, 5) is 31.6. The van der Waals surface area contributed by atoms with Gasteiger partial charge in [-0.3, -0.25) is 14.6 Å². The second-order valence-electron chi connectivity index (χ2n) is 6.26. The van der Waals surface area contributed by atoms with Gasteiger partial charge >= 0.3 is 0 Å². The van der Waals surface area contributed by atoms with E-state index in [1.165, 1.54) is 4.90 Å². The predicted molar refractivity (Wildman–Crippen MR) is 96.1 cm³/mol. The highest BCUT2D eigenvalue weighted by Gasteiger charge is 2.42. The minimum atomic E-state index is -0.585. The Kier molecular flexibility index (Phi) is 4.05. The van der Waals surface area contributed by atoms with Crippen molar-refractivity contribution in [3.63, 3.8) is 0 Å². The number of nitrogens with zero attached hydrogens (tertiary/aromatic N) is 2. The molecule has 3 aromatic rings. The Morgan fingerprint density at radius 2 is 1.96 bits per heavy atom. The number of β-amino-alcohol motifs (C(OH)–C–C–N with tert-alkyl or cyclic N) is 1. The minimum Gasteiger partial charge on any atom is -0.450 e. The summed E-state index contributed by atoms with van der Waals surface area (Å²) in [6, 6.07) is 8.40. The second kappa shape index (κ2) is 6.38. The summed E-state index contributed by atoms with van der Waals surface area (Å²) in [7, 11) is 0. The molecule has 1 aliphatic rings. The van der Waals surface area contributed by atoms with Crippen LogP contribution in [-0.2, 0) is 6.42 Å². The Bertz CT molecular complexity index is 1040. The number of benzene rings is 1. The van der Waals surface area contributed by atoms with E-state index in [0.717, 1.165) is 17.5 Å². The molecule has 0 fully saturated rings. The molecule has 1 N–H and O–H groups in total. The molecule has 1 unspecified atom stereocenters. The van der Waals surface area contributed by atoms with Gasteiger partial charge < -0.3 is 14.4 Å². The standard InChI is InChI=1S/C20H18N2O4/c1-2-12-3-4-15-14(11-12)18(24)16-17(13-5-7-21-8-6-13)22(9-10-23)20(25)19(16)26-15/h3-8,11,17,23H,2,9-10H2,1H3. The molecule has 0 bridgehead atoms. The Balaban J connectivity index is 2.01. The summed E-state index contributed by atoms with van der Waals surface area (Å²) in [6.45, 7) is 1.93. The number of amides is 1. The molecule has 6 heteroatoms. The number of aliphatic hydroxyl groups is 1. The second-order valence-corrected chi connectivity index (χ2v) is 6.26. The van der Waals surface area contributed by atoms with Gasteiger partial charge in [-0.25, -0.2) is 0 Å². The third kappa shape index (κ3) is 2.42. The van der Waals surface area contributed by atoms with Gasteiger partial charge in [0.15, 0.2) is 5.43 Å². The summed E-state index contributed by atoms with van der Waals surface area (Å²) in [5, 5.41) is 9.87. The van der Waals surface area contributed by atoms with Gasteiger partial charge in [0.05, 0.1) is 23.6 Å². The Labute approximate surface area is 149 Å². The maximum absolute atomic E-state index is 13.3. The van der Waals surface area contributed by atoms with Gasteiger partial charge in [0.2, 0.25) is 5.76 Å². The highest BCUT2D eigenvalue weighted by Crippen LogP contribution is 2.37. The van der Waals surface area contributed by atoms with Crippen molar-refractivity contribution in [1.82, 2.24) is 9.88 Å². The molecular formula is C20H18N2O4. The highest BCUT2D eigenvalue weighted by atomic mass is 16.3. The van der Waals surface area contributed by atoms with Crippen molar-refractivity contribution < 1.29 is 14.3 Å². The number of hydrogen-bond acceptors (Lipinski definition) is 5. The Morgan fingerprint density at radius 3 is 2.65 bits per heavy atom. The van der Waals surface area contributed by atoms with Crippen LogP contribution in [0.25, 0.3) is 11.0 Å². The third-order valence-corrected chi connectivity index (χ3v) is 4.80. The van der Waals surface area contributed by atoms with Crippen LogP contribution in [0.4, 0.5) is 0 Å². The van der Waals surface area contributed by atoms with E-state index in [1.807, 2.05) is 19.1 Å². The van der Waals surface area contributed by atoms with Gasteiger partial charge in [-0.15, -0.1) is 0 Å². The molecule has 132 valence electrons. The van der Waals surface area contributed by atoms with Crippen molar-refractivity contribution in [2.45, 2.75) is 19.4 Å². The third-order valence-electron chi connectivity index (χ3n) is 4.80. The number of aliphatic hydroxyl groups excluding tert-OH is 1. The van der Waals surface area contributed by atoms with Crippen molar-refractivity contribution >= 4 is 16.9 Å². The molecule has 0 spiro atoms. The number of pyridine rings is 1. The lowest BCUT2D eigenvalue weighted by Gasteiger charge is -2.23. The van der Waals surface area contributed by atoms with E-state index in [2.05, 4.69) is 4.98 Å². The largest absolute Gasteiger partial charge is 0.450 e. The Morgan fingerprint density at radius 1 is 1.19 bits per heavy atom. The van der Waals surface area contributed by atoms with Crippen LogP contribution in [0.5, 0.6) is 0 Å². The number of rotatable bonds is 4. The van der Waals surface area contributed by atoms with Crippen molar-refractivity contribution in [3.05, 3.63) is 75.4 Å². The van der Waals surface area contributed by atoms with E-state index in [4.69, 9.17) is 4.42 Å². The molecule has 26 heavy (non-hydrogen) atoms. The lowest BCUT2D eigenvalue weighted by Crippen LogP contribution is -2.32. The van der Waals surface area contributed by atoms with Crippen LogP contribution in [0.15, 0.2) is 51.9 Å². The molecule has 0 saturated heterocycles. The first-order valence-corrected chi connectivity index (χ1v) is 8.57. The Hall–Kier alpha value is -2.99. The van der Waals surface area contributed by atoms with Crippen LogP contribution in [-0.4, -0.2) is 34.0 Å². The molecule has 1 atom stereocenters. The summed E-state index contributed by atoms with van der Waals surface area (Å²) >= 11 is 0. The smallest absolute Gasteiger partial charge is 0.290 e. The molecule has 0 radical (unpaired) electrons. The fourth-order valence-corrected chi connectivity index (χ4v) is 3.52. The molecule has 3 heterocycles. The van der Waals surface area contributed by atoms with Gasteiger partial charge in [-0.1, -0.05) is 13.0 Å². The lowest BCUT2D eigenvalue weighted by atomic mass is 9.99. The number of fused-ring (bicyclic) bond motifs is 2. The summed E-state index contributed by atoms with van der Waals surface area (Å²) in [6.07, 6.45) is 4.04. The van der Waals surface area contributed by atoms with Gasteiger partial charge in [0.25, 0.3) is 5.91 Å². The van der Waals surface area contributed by atoms with Gasteiger partial charge in [-0.05, 0) is 41.8 Å². The molecule has 1 aromatic carbocycles. The molecular weight excluding hydrogens is 332 g/mol. The first-order valence-electron chi connectivity index (χ1n) is 8.57. The summed E-state index contributed by atoms with van der Waals surface area (Å²) in [5.41, 5.74) is 2.32. The first kappa shape index (κ1) is 16.5. The molecule has 0 aliphatic carbocycles. The summed E-state index contributed by atoms with van der Waals surface area (Å²) in [5.74, 6) is -0.323. The highest BCUT2D eigenvalue weighted by molar-refractivity contribution is 5.99. The SMILES string of the molecule is CCc1ccc2oc3c(c(=O)c2c1)C(c1ccncc1)N(CCO)C3=O. The van der Waals surface area contributed by atoms with Crippen LogP contribution in [0, 0.1) is 0 Å². The predicted octanol–water partition coefficient (Wildman–Crippen LogP) is 2.29. The van der Waals surface area contributed by atoms with Crippen molar-refractivity contribution in [2.24, 2.45) is 0 Å². The average molecular weight is 350 g/mol. The van der Waals surface area contributed by atoms with Crippen LogP contribution in [0.3, 0.4) is 0 Å². The monoisotopic (exact) mass is 350 g/mol. The fourth-order valence-electron chi connectivity index (χ4n) is 3.52. The zero-order valence-electron chi connectivity index (χ0n) is 14.3. The zero-order chi connectivity index (χ0) is 18.3. The van der Waals surface area contributed by atoms with E-state index >= 15 is 0 Å². The number of carbonyl (C=O) groups excluding carboxylic acids is 1.